The lowest BCUT2D eigenvalue weighted by Crippen LogP contribution is -2.39. The molecule has 0 aromatic heterocycles. The van der Waals surface area contributed by atoms with Crippen molar-refractivity contribution in [3.05, 3.63) is 34.5 Å². The first kappa shape index (κ1) is 10.0. The molecule has 15 heavy (non-hydrogen) atoms. The molecule has 1 heterocycles. The van der Waals surface area contributed by atoms with E-state index in [1.54, 1.807) is 13.3 Å². The van der Waals surface area contributed by atoms with Crippen molar-refractivity contribution < 1.29 is 9.48 Å². The maximum absolute atomic E-state index is 11.7. The minimum Gasteiger partial charge on any atom is -0.623 e. The Bertz CT molecular complexity index is 422. The lowest BCUT2D eigenvalue weighted by atomic mass is 9.89. The summed E-state index contributed by atoms with van der Waals surface area (Å²) in [5.74, 6) is 0.845. The molecule has 0 radical (unpaired) electrons. The van der Waals surface area contributed by atoms with Gasteiger partial charge in [-0.2, -0.15) is 0 Å². The molecular weight excluding hydrogens is 190 g/mol. The lowest BCUT2D eigenvalue weighted by Gasteiger charge is -2.28. The zero-order valence-electron chi connectivity index (χ0n) is 9.28. The van der Waals surface area contributed by atoms with Gasteiger partial charge in [0.05, 0.1) is 7.11 Å². The molecule has 2 rings (SSSR count). The zero-order valence-corrected chi connectivity index (χ0v) is 9.28. The summed E-state index contributed by atoms with van der Waals surface area (Å²) in [7, 11) is 1.65. The van der Waals surface area contributed by atoms with Crippen LogP contribution in [0.25, 0.3) is 0 Å². The van der Waals surface area contributed by atoms with E-state index >= 15 is 0 Å². The van der Waals surface area contributed by atoms with E-state index in [1.807, 2.05) is 32.0 Å². The van der Waals surface area contributed by atoms with E-state index in [0.29, 0.717) is 0 Å². The molecule has 0 amide bonds. The van der Waals surface area contributed by atoms with Crippen LogP contribution in [0, 0.1) is 5.21 Å². The van der Waals surface area contributed by atoms with Crippen molar-refractivity contribution in [1.82, 2.24) is 0 Å². The van der Waals surface area contributed by atoms with Crippen LogP contribution in [0.1, 0.15) is 25.0 Å². The SMILES string of the molecule is COc1ccc2c(c1)CC(C)(C)[N+]([O-])=C2. The quantitative estimate of drug-likeness (QED) is 0.519. The van der Waals surface area contributed by atoms with E-state index in [4.69, 9.17) is 4.74 Å². The van der Waals surface area contributed by atoms with Gasteiger partial charge in [-0.25, -0.2) is 4.74 Å². The first-order valence-electron chi connectivity index (χ1n) is 5.01. The fraction of sp³-hybridized carbons (Fsp3) is 0.417. The first-order valence-corrected chi connectivity index (χ1v) is 5.01. The van der Waals surface area contributed by atoms with Gasteiger partial charge >= 0.3 is 0 Å². The normalized spacial score (nSPS) is 17.9. The second-order valence-electron chi connectivity index (χ2n) is 4.51. The molecule has 0 fully saturated rings. The average Bonchev–Trinajstić information content (AvgIpc) is 2.18. The summed E-state index contributed by atoms with van der Waals surface area (Å²) in [6, 6.07) is 5.80. The fourth-order valence-electron chi connectivity index (χ4n) is 1.83. The molecule has 0 N–H and O–H groups in total. The molecule has 0 saturated carbocycles. The standard InChI is InChI=1S/C12H15NO2/c1-12(2)7-10-6-11(15-3)5-4-9(10)8-13(12)14/h4-6,8H,7H2,1-3H3. The zero-order chi connectivity index (χ0) is 11.1. The van der Waals surface area contributed by atoms with Gasteiger partial charge in [-0.05, 0) is 23.8 Å². The van der Waals surface area contributed by atoms with Crippen molar-refractivity contribution in [1.29, 1.82) is 0 Å². The van der Waals surface area contributed by atoms with E-state index < -0.39 is 0 Å². The maximum Gasteiger partial charge on any atom is 0.182 e. The van der Waals surface area contributed by atoms with E-state index in [0.717, 1.165) is 22.5 Å². The van der Waals surface area contributed by atoms with Gasteiger partial charge in [-0.1, -0.05) is 0 Å². The molecule has 1 aliphatic heterocycles. The molecule has 0 aliphatic carbocycles. The Labute approximate surface area is 89.6 Å². The molecule has 80 valence electrons. The van der Waals surface area contributed by atoms with Crippen molar-refractivity contribution >= 4 is 6.21 Å². The monoisotopic (exact) mass is 205 g/mol. The number of rotatable bonds is 1. The summed E-state index contributed by atoms with van der Waals surface area (Å²) in [5, 5.41) is 11.7. The maximum atomic E-state index is 11.7. The van der Waals surface area contributed by atoms with E-state index in [2.05, 4.69) is 0 Å². The van der Waals surface area contributed by atoms with Gasteiger partial charge in [-0.15, -0.1) is 0 Å². The second kappa shape index (κ2) is 3.26. The van der Waals surface area contributed by atoms with Crippen molar-refractivity contribution in [3.8, 4) is 5.75 Å². The van der Waals surface area contributed by atoms with Crippen LogP contribution >= 0.6 is 0 Å². The predicted molar refractivity (Wildman–Crippen MR) is 59.6 cm³/mol. The number of methoxy groups -OCH3 is 1. The Kier molecular flexibility index (Phi) is 2.18. The van der Waals surface area contributed by atoms with Gasteiger partial charge in [0.15, 0.2) is 11.8 Å². The highest BCUT2D eigenvalue weighted by Crippen LogP contribution is 2.26. The largest absolute Gasteiger partial charge is 0.623 e. The van der Waals surface area contributed by atoms with Crippen molar-refractivity contribution in [2.45, 2.75) is 25.8 Å². The van der Waals surface area contributed by atoms with Gasteiger partial charge < -0.3 is 9.94 Å². The smallest absolute Gasteiger partial charge is 0.182 e. The minimum atomic E-state index is -0.362. The number of benzene rings is 1. The molecule has 1 aromatic rings. The number of fused-ring (bicyclic) bond motifs is 1. The summed E-state index contributed by atoms with van der Waals surface area (Å²) < 4.78 is 6.20. The van der Waals surface area contributed by atoms with Gasteiger partial charge in [-0.3, -0.25) is 0 Å². The lowest BCUT2D eigenvalue weighted by molar-refractivity contribution is -0.537. The highest BCUT2D eigenvalue weighted by Gasteiger charge is 2.31. The van der Waals surface area contributed by atoms with E-state index in [9.17, 15) is 5.21 Å². The highest BCUT2D eigenvalue weighted by atomic mass is 16.5. The molecule has 0 spiro atoms. The Morgan fingerprint density at radius 3 is 2.80 bits per heavy atom. The third kappa shape index (κ3) is 1.69. The third-order valence-electron chi connectivity index (χ3n) is 2.83. The van der Waals surface area contributed by atoms with E-state index in [1.165, 1.54) is 5.56 Å². The summed E-state index contributed by atoms with van der Waals surface area (Å²) in [6.07, 6.45) is 2.40. The highest BCUT2D eigenvalue weighted by molar-refractivity contribution is 5.79. The number of hydrogen-bond acceptors (Lipinski definition) is 2. The first-order chi connectivity index (χ1) is 7.03. The Hall–Kier alpha value is -1.51. The summed E-state index contributed by atoms with van der Waals surface area (Å²) in [5.41, 5.74) is 1.80. The third-order valence-corrected chi connectivity index (χ3v) is 2.83. The van der Waals surface area contributed by atoms with Gasteiger partial charge in [0.1, 0.15) is 5.75 Å². The Morgan fingerprint density at radius 2 is 2.13 bits per heavy atom. The van der Waals surface area contributed by atoms with Crippen molar-refractivity contribution in [2.24, 2.45) is 0 Å². The Balaban J connectivity index is 2.48. The number of nitrogens with zero attached hydrogens (tertiary/aromatic N) is 1. The Morgan fingerprint density at radius 1 is 1.40 bits per heavy atom. The molecule has 0 unspecified atom stereocenters. The molecule has 0 bridgehead atoms. The average molecular weight is 205 g/mol. The summed E-state index contributed by atoms with van der Waals surface area (Å²) in [4.78, 5) is 0. The molecular formula is C12H15NO2. The van der Waals surface area contributed by atoms with Crippen LogP contribution < -0.4 is 4.74 Å². The summed E-state index contributed by atoms with van der Waals surface area (Å²) in [6.45, 7) is 3.89. The van der Waals surface area contributed by atoms with Crippen molar-refractivity contribution in [3.63, 3.8) is 0 Å². The predicted octanol–water partition coefficient (Wildman–Crippen LogP) is 1.96. The van der Waals surface area contributed by atoms with Crippen LogP contribution in [0.5, 0.6) is 5.75 Å². The van der Waals surface area contributed by atoms with Crippen molar-refractivity contribution in [2.75, 3.05) is 7.11 Å². The molecule has 3 nitrogen and oxygen atoms in total. The summed E-state index contributed by atoms with van der Waals surface area (Å²) >= 11 is 0. The minimum absolute atomic E-state index is 0.362. The molecule has 1 aliphatic rings. The van der Waals surface area contributed by atoms with Crippen LogP contribution in [0.4, 0.5) is 0 Å². The number of hydrogen-bond donors (Lipinski definition) is 0. The molecule has 1 aromatic carbocycles. The number of hydroxylamine groups is 1. The van der Waals surface area contributed by atoms with Crippen LogP contribution in [-0.4, -0.2) is 23.6 Å². The van der Waals surface area contributed by atoms with Gasteiger partial charge in [0, 0.05) is 25.8 Å². The van der Waals surface area contributed by atoms with Crippen LogP contribution in [0.2, 0.25) is 0 Å². The van der Waals surface area contributed by atoms with Gasteiger partial charge in [0.2, 0.25) is 0 Å². The topological polar surface area (TPSA) is 35.3 Å². The van der Waals surface area contributed by atoms with Gasteiger partial charge in [0.25, 0.3) is 0 Å². The number of ether oxygens (including phenoxy) is 1. The van der Waals surface area contributed by atoms with Crippen LogP contribution in [0.15, 0.2) is 18.2 Å². The van der Waals surface area contributed by atoms with Crippen LogP contribution in [-0.2, 0) is 6.42 Å². The fourth-order valence-corrected chi connectivity index (χ4v) is 1.83. The van der Waals surface area contributed by atoms with Crippen LogP contribution in [0.3, 0.4) is 0 Å². The van der Waals surface area contributed by atoms with E-state index in [-0.39, 0.29) is 5.54 Å². The second-order valence-corrected chi connectivity index (χ2v) is 4.51. The molecule has 3 heteroatoms. The molecule has 0 atom stereocenters. The molecule has 0 saturated heterocycles.